The number of carbonyl (C=O) groups excluding carboxylic acids is 2. The van der Waals surface area contributed by atoms with E-state index in [2.05, 4.69) is 10.3 Å². The number of nitrogens with one attached hydrogen (secondary N) is 1. The summed E-state index contributed by atoms with van der Waals surface area (Å²) in [6, 6.07) is 17.3. The van der Waals surface area contributed by atoms with Crippen LogP contribution in [0.5, 0.6) is 11.6 Å². The SMILES string of the molecule is Cc1cc(/C=C2/C(=O)NC(=S)N(c3ccccc3F)C2=O)c(C)n1-c1ccc(Oc2ccc([N+](=O)[O-])cn2)cc1. The number of carbonyl (C=O) groups is 2. The Morgan fingerprint density at radius 3 is 2.45 bits per heavy atom. The average molecular weight is 558 g/mol. The van der Waals surface area contributed by atoms with E-state index in [-0.39, 0.29) is 27.9 Å². The van der Waals surface area contributed by atoms with Crippen molar-refractivity contribution in [3.8, 4) is 17.3 Å². The summed E-state index contributed by atoms with van der Waals surface area (Å²) < 4.78 is 22.1. The third-order valence-electron chi connectivity index (χ3n) is 6.21. The fourth-order valence-corrected chi connectivity index (χ4v) is 4.59. The van der Waals surface area contributed by atoms with E-state index in [9.17, 15) is 24.1 Å². The largest absolute Gasteiger partial charge is 0.439 e. The molecule has 5 rings (SSSR count). The number of anilines is 1. The zero-order valence-corrected chi connectivity index (χ0v) is 21.9. The van der Waals surface area contributed by atoms with Gasteiger partial charge in [0.2, 0.25) is 5.88 Å². The van der Waals surface area contributed by atoms with Gasteiger partial charge in [-0.25, -0.2) is 14.3 Å². The minimum Gasteiger partial charge on any atom is -0.439 e. The van der Waals surface area contributed by atoms with Crippen molar-refractivity contribution in [3.63, 3.8) is 0 Å². The van der Waals surface area contributed by atoms with E-state index in [1.165, 1.54) is 36.4 Å². The maximum Gasteiger partial charge on any atom is 0.287 e. The number of aromatic nitrogens is 2. The van der Waals surface area contributed by atoms with Gasteiger partial charge in [0, 0.05) is 29.2 Å². The first kappa shape index (κ1) is 26.4. The van der Waals surface area contributed by atoms with Crippen molar-refractivity contribution < 1.29 is 23.6 Å². The number of pyridine rings is 1. The Bertz CT molecular complexity index is 1710. The molecule has 0 aliphatic carbocycles. The molecule has 0 unspecified atom stereocenters. The molecule has 4 aromatic rings. The molecule has 1 fully saturated rings. The fourth-order valence-electron chi connectivity index (χ4n) is 4.32. The number of para-hydroxylation sites is 1. The van der Waals surface area contributed by atoms with Crippen LogP contribution < -0.4 is 15.0 Å². The number of aryl methyl sites for hydroxylation is 1. The third-order valence-corrected chi connectivity index (χ3v) is 6.50. The molecule has 0 radical (unpaired) electrons. The van der Waals surface area contributed by atoms with Crippen LogP contribution in [0.4, 0.5) is 15.8 Å². The van der Waals surface area contributed by atoms with Gasteiger partial charge in [0.1, 0.15) is 23.3 Å². The molecular formula is C28H20FN5O5S. The molecule has 200 valence electrons. The molecule has 0 spiro atoms. The second kappa shape index (κ2) is 10.5. The first-order valence-corrected chi connectivity index (χ1v) is 12.3. The monoisotopic (exact) mass is 557 g/mol. The van der Waals surface area contributed by atoms with Gasteiger partial charge in [-0.05, 0) is 80.2 Å². The molecule has 0 atom stereocenters. The molecule has 2 aromatic carbocycles. The summed E-state index contributed by atoms with van der Waals surface area (Å²) in [6.45, 7) is 3.72. The van der Waals surface area contributed by atoms with Crippen LogP contribution in [0.15, 0.2) is 78.5 Å². The summed E-state index contributed by atoms with van der Waals surface area (Å²) in [4.78, 5) is 41.2. The van der Waals surface area contributed by atoms with Gasteiger partial charge in [0.25, 0.3) is 17.5 Å². The van der Waals surface area contributed by atoms with Crippen LogP contribution in [0.1, 0.15) is 17.0 Å². The fraction of sp³-hybridized carbons (Fsp3) is 0.0714. The number of thiocarbonyl (C=S) groups is 1. The highest BCUT2D eigenvalue weighted by Gasteiger charge is 2.36. The first-order valence-electron chi connectivity index (χ1n) is 11.9. The van der Waals surface area contributed by atoms with E-state index in [1.54, 1.807) is 18.2 Å². The van der Waals surface area contributed by atoms with E-state index < -0.39 is 22.6 Å². The molecule has 1 aliphatic heterocycles. The van der Waals surface area contributed by atoms with E-state index >= 15 is 0 Å². The van der Waals surface area contributed by atoms with E-state index in [0.29, 0.717) is 11.3 Å². The lowest BCUT2D eigenvalue weighted by molar-refractivity contribution is -0.385. The molecule has 2 aromatic heterocycles. The van der Waals surface area contributed by atoms with Gasteiger partial charge in [-0.1, -0.05) is 12.1 Å². The number of rotatable bonds is 6. The van der Waals surface area contributed by atoms with Gasteiger partial charge in [-0.2, -0.15) is 0 Å². The van der Waals surface area contributed by atoms with Gasteiger partial charge in [0.15, 0.2) is 5.11 Å². The molecule has 2 amide bonds. The molecule has 0 saturated carbocycles. The second-order valence-electron chi connectivity index (χ2n) is 8.78. The van der Waals surface area contributed by atoms with E-state index in [0.717, 1.165) is 28.2 Å². The van der Waals surface area contributed by atoms with Crippen LogP contribution in [-0.2, 0) is 9.59 Å². The molecule has 40 heavy (non-hydrogen) atoms. The third kappa shape index (κ3) is 4.95. The summed E-state index contributed by atoms with van der Waals surface area (Å²) >= 11 is 5.16. The lowest BCUT2D eigenvalue weighted by Gasteiger charge is -2.29. The molecule has 1 saturated heterocycles. The van der Waals surface area contributed by atoms with Crippen molar-refractivity contribution in [1.29, 1.82) is 0 Å². The van der Waals surface area contributed by atoms with Crippen LogP contribution in [0.3, 0.4) is 0 Å². The smallest absolute Gasteiger partial charge is 0.287 e. The van der Waals surface area contributed by atoms with Crippen molar-refractivity contribution in [2.75, 3.05) is 4.90 Å². The van der Waals surface area contributed by atoms with Crippen LogP contribution >= 0.6 is 12.2 Å². The van der Waals surface area contributed by atoms with Crippen molar-refractivity contribution >= 4 is 46.6 Å². The number of amides is 2. The highest BCUT2D eigenvalue weighted by molar-refractivity contribution is 7.80. The molecule has 0 bridgehead atoms. The number of hydrogen-bond donors (Lipinski definition) is 1. The molecule has 10 nitrogen and oxygen atoms in total. The molecular weight excluding hydrogens is 537 g/mol. The summed E-state index contributed by atoms with van der Waals surface area (Å²) in [5.41, 5.74) is 2.62. The summed E-state index contributed by atoms with van der Waals surface area (Å²) in [5.74, 6) is -1.37. The molecule has 12 heteroatoms. The predicted octanol–water partition coefficient (Wildman–Crippen LogP) is 5.16. The van der Waals surface area contributed by atoms with Crippen molar-refractivity contribution in [2.45, 2.75) is 13.8 Å². The Morgan fingerprint density at radius 1 is 1.07 bits per heavy atom. The number of benzene rings is 2. The molecule has 3 heterocycles. The quantitative estimate of drug-likeness (QED) is 0.114. The number of nitro groups is 1. The van der Waals surface area contributed by atoms with Crippen LogP contribution in [-0.4, -0.2) is 31.4 Å². The normalized spacial score (nSPS) is 14.4. The predicted molar refractivity (Wildman–Crippen MR) is 149 cm³/mol. The Labute approximate surface area is 232 Å². The summed E-state index contributed by atoms with van der Waals surface area (Å²) in [6.07, 6.45) is 2.58. The zero-order valence-electron chi connectivity index (χ0n) is 21.1. The standard InChI is InChI=1S/C28H20FN5O5S/c1-16-13-18(14-22-26(35)31-28(40)33(27(22)36)24-6-4-3-5-23(24)29)17(2)32(16)19-7-10-21(11-8-19)39-25-12-9-20(15-30-25)34(37)38/h3-15H,1-2H3,(H,31,35,40)/b22-14-. The highest BCUT2D eigenvalue weighted by Crippen LogP contribution is 2.29. The van der Waals surface area contributed by atoms with E-state index in [1.807, 2.05) is 36.6 Å². The van der Waals surface area contributed by atoms with Crippen LogP contribution in [0.2, 0.25) is 0 Å². The van der Waals surface area contributed by atoms with Crippen LogP contribution in [0.25, 0.3) is 11.8 Å². The van der Waals surface area contributed by atoms with Gasteiger partial charge >= 0.3 is 0 Å². The Balaban J connectivity index is 1.42. The van der Waals surface area contributed by atoms with E-state index in [4.69, 9.17) is 17.0 Å². The maximum absolute atomic E-state index is 14.4. The van der Waals surface area contributed by atoms with Gasteiger partial charge in [-0.15, -0.1) is 0 Å². The Morgan fingerprint density at radius 2 is 1.80 bits per heavy atom. The lowest BCUT2D eigenvalue weighted by Crippen LogP contribution is -2.54. The number of ether oxygens (including phenoxy) is 1. The minimum atomic E-state index is -0.731. The summed E-state index contributed by atoms with van der Waals surface area (Å²) in [7, 11) is 0. The molecule has 1 aliphatic rings. The van der Waals surface area contributed by atoms with Crippen molar-refractivity contribution in [1.82, 2.24) is 14.9 Å². The lowest BCUT2D eigenvalue weighted by atomic mass is 10.1. The number of halogens is 1. The van der Waals surface area contributed by atoms with Crippen LogP contribution in [0, 0.1) is 29.8 Å². The first-order chi connectivity index (χ1) is 19.1. The molecule has 1 N–H and O–H groups in total. The Hall–Kier alpha value is -5.23. The van der Waals surface area contributed by atoms with Gasteiger partial charge in [0.05, 0.1) is 10.6 Å². The Kier molecular flexibility index (Phi) is 6.92. The number of hydrogen-bond acceptors (Lipinski definition) is 7. The minimum absolute atomic E-state index is 0.0555. The second-order valence-corrected chi connectivity index (χ2v) is 9.17. The average Bonchev–Trinajstić information content (AvgIpc) is 3.20. The number of nitrogens with zero attached hydrogens (tertiary/aromatic N) is 4. The summed E-state index contributed by atoms with van der Waals surface area (Å²) in [5, 5.41) is 13.1. The topological polar surface area (TPSA) is 120 Å². The van der Waals surface area contributed by atoms with Gasteiger partial charge < -0.3 is 9.30 Å². The van der Waals surface area contributed by atoms with Crippen molar-refractivity contribution in [2.24, 2.45) is 0 Å². The van der Waals surface area contributed by atoms with Gasteiger partial charge in [-0.3, -0.25) is 25.0 Å². The zero-order chi connectivity index (χ0) is 28.6. The highest BCUT2D eigenvalue weighted by atomic mass is 32.1. The van der Waals surface area contributed by atoms with Crippen molar-refractivity contribution in [3.05, 3.63) is 111 Å². The maximum atomic E-state index is 14.4.